The first-order valence-electron chi connectivity index (χ1n) is 9.20. The van der Waals surface area contributed by atoms with E-state index in [2.05, 4.69) is 15.4 Å². The molecule has 1 atom stereocenters. The summed E-state index contributed by atoms with van der Waals surface area (Å²) < 4.78 is 6.86. The zero-order valence-electron chi connectivity index (χ0n) is 15.8. The van der Waals surface area contributed by atoms with Crippen molar-refractivity contribution in [1.82, 2.24) is 24.8 Å². The minimum atomic E-state index is -0.471. The molecule has 3 aromatic rings. The molecule has 2 amide bonds. The molecule has 0 bridgehead atoms. The third-order valence-electron chi connectivity index (χ3n) is 5.00. The molecule has 8 nitrogen and oxygen atoms in total. The van der Waals surface area contributed by atoms with Crippen LogP contribution in [0.25, 0.3) is 16.9 Å². The molecule has 1 unspecified atom stereocenters. The van der Waals surface area contributed by atoms with Crippen molar-refractivity contribution in [2.45, 2.75) is 19.4 Å². The number of nitrogens with one attached hydrogen (secondary N) is 1. The van der Waals surface area contributed by atoms with Crippen molar-refractivity contribution in [2.75, 3.05) is 20.2 Å². The van der Waals surface area contributed by atoms with Crippen molar-refractivity contribution >= 4 is 17.5 Å². The third-order valence-corrected chi connectivity index (χ3v) is 5.00. The highest BCUT2D eigenvalue weighted by molar-refractivity contribution is 6.02. The van der Waals surface area contributed by atoms with Crippen molar-refractivity contribution in [2.24, 2.45) is 0 Å². The molecule has 0 saturated carbocycles. The molecule has 0 radical (unpaired) electrons. The second kappa shape index (κ2) is 7.30. The molecule has 1 fully saturated rings. The van der Waals surface area contributed by atoms with Gasteiger partial charge < -0.3 is 15.0 Å². The second-order valence-electron chi connectivity index (χ2n) is 6.57. The van der Waals surface area contributed by atoms with Crippen LogP contribution in [0.4, 0.5) is 0 Å². The molecule has 28 heavy (non-hydrogen) atoms. The van der Waals surface area contributed by atoms with Gasteiger partial charge in [-0.2, -0.15) is 5.10 Å². The fourth-order valence-corrected chi connectivity index (χ4v) is 3.54. The number of carbonyl (C=O) groups is 2. The molecule has 1 saturated heterocycles. The number of hydrogen-bond donors (Lipinski definition) is 1. The van der Waals surface area contributed by atoms with Crippen LogP contribution >= 0.6 is 0 Å². The summed E-state index contributed by atoms with van der Waals surface area (Å²) in [6, 6.07) is 8.97. The normalized spacial score (nSPS) is 16.9. The van der Waals surface area contributed by atoms with E-state index in [9.17, 15) is 9.59 Å². The number of fused-ring (bicyclic) bond motifs is 1. The lowest BCUT2D eigenvalue weighted by Gasteiger charge is -2.34. The Morgan fingerprint density at radius 3 is 2.79 bits per heavy atom. The van der Waals surface area contributed by atoms with Crippen LogP contribution in [0.5, 0.6) is 5.75 Å². The van der Waals surface area contributed by atoms with Crippen LogP contribution in [0.2, 0.25) is 0 Å². The Morgan fingerprint density at radius 1 is 1.29 bits per heavy atom. The number of rotatable bonds is 4. The number of aromatic nitrogens is 3. The molecule has 1 N–H and O–H groups in total. The number of nitrogens with zero attached hydrogens (tertiary/aromatic N) is 4. The molecule has 1 aromatic carbocycles. The van der Waals surface area contributed by atoms with Gasteiger partial charge in [0.15, 0.2) is 5.65 Å². The monoisotopic (exact) mass is 379 g/mol. The number of benzene rings is 1. The zero-order valence-corrected chi connectivity index (χ0v) is 15.8. The number of amides is 2. The molecule has 3 heterocycles. The Hall–Kier alpha value is -3.42. The lowest BCUT2D eigenvalue weighted by Crippen LogP contribution is -2.56. The van der Waals surface area contributed by atoms with Crippen molar-refractivity contribution in [3.05, 3.63) is 48.3 Å². The molecular weight excluding hydrogens is 358 g/mol. The highest BCUT2D eigenvalue weighted by Crippen LogP contribution is 2.24. The van der Waals surface area contributed by atoms with E-state index < -0.39 is 6.04 Å². The molecular formula is C20H21N5O3. The topological polar surface area (TPSA) is 88.8 Å². The van der Waals surface area contributed by atoms with E-state index in [4.69, 9.17) is 4.74 Å². The Bertz CT molecular complexity index is 1030. The maximum Gasteiger partial charge on any atom is 0.260 e. The molecule has 0 aliphatic carbocycles. The van der Waals surface area contributed by atoms with Gasteiger partial charge in [-0.1, -0.05) is 6.92 Å². The van der Waals surface area contributed by atoms with Gasteiger partial charge >= 0.3 is 0 Å². The maximum atomic E-state index is 13.2. The van der Waals surface area contributed by atoms with Gasteiger partial charge in [-0.25, -0.2) is 9.50 Å². The summed E-state index contributed by atoms with van der Waals surface area (Å²) in [4.78, 5) is 31.3. The number of hydrogen-bond acceptors (Lipinski definition) is 5. The summed E-state index contributed by atoms with van der Waals surface area (Å²) in [6.07, 6.45) is 3.74. The maximum absolute atomic E-state index is 13.2. The van der Waals surface area contributed by atoms with Gasteiger partial charge in [-0.05, 0) is 36.8 Å². The first-order valence-corrected chi connectivity index (χ1v) is 9.20. The van der Waals surface area contributed by atoms with E-state index in [1.807, 2.05) is 37.3 Å². The van der Waals surface area contributed by atoms with Gasteiger partial charge in [-0.15, -0.1) is 0 Å². The highest BCUT2D eigenvalue weighted by Gasteiger charge is 2.33. The Kier molecular flexibility index (Phi) is 4.68. The van der Waals surface area contributed by atoms with E-state index in [0.717, 1.165) is 17.0 Å². The summed E-state index contributed by atoms with van der Waals surface area (Å²) in [5.41, 5.74) is 2.61. The molecule has 8 heteroatoms. The number of piperazine rings is 1. The lowest BCUT2D eigenvalue weighted by atomic mass is 10.1. The van der Waals surface area contributed by atoms with E-state index in [1.54, 1.807) is 22.7 Å². The predicted molar refractivity (Wildman–Crippen MR) is 103 cm³/mol. The molecule has 0 spiro atoms. The average Bonchev–Trinajstić information content (AvgIpc) is 3.17. The Balaban J connectivity index is 1.73. The summed E-state index contributed by atoms with van der Waals surface area (Å²) in [6.45, 7) is 2.81. The summed E-state index contributed by atoms with van der Waals surface area (Å²) in [7, 11) is 1.62. The smallest absolute Gasteiger partial charge is 0.260 e. The first kappa shape index (κ1) is 18.0. The quantitative estimate of drug-likeness (QED) is 0.746. The summed E-state index contributed by atoms with van der Waals surface area (Å²) in [5, 5.41) is 7.21. The van der Waals surface area contributed by atoms with Gasteiger partial charge in [0.2, 0.25) is 5.91 Å². The van der Waals surface area contributed by atoms with Crippen molar-refractivity contribution in [3.63, 3.8) is 0 Å². The van der Waals surface area contributed by atoms with Gasteiger partial charge in [-0.3, -0.25) is 9.59 Å². The first-order chi connectivity index (χ1) is 13.6. The fraction of sp³-hybridized carbons (Fsp3) is 0.300. The number of ether oxygens (including phenoxy) is 1. The van der Waals surface area contributed by atoms with Crippen molar-refractivity contribution in [3.8, 4) is 17.0 Å². The van der Waals surface area contributed by atoms with Gasteiger partial charge in [0.25, 0.3) is 5.91 Å². The van der Waals surface area contributed by atoms with Crippen molar-refractivity contribution in [1.29, 1.82) is 0 Å². The Morgan fingerprint density at radius 2 is 2.07 bits per heavy atom. The van der Waals surface area contributed by atoms with E-state index in [-0.39, 0.29) is 11.8 Å². The fourth-order valence-electron chi connectivity index (χ4n) is 3.54. The molecule has 2 aromatic heterocycles. The van der Waals surface area contributed by atoms with Crippen LogP contribution in [-0.4, -0.2) is 57.6 Å². The van der Waals surface area contributed by atoms with Crippen LogP contribution in [0, 0.1) is 0 Å². The van der Waals surface area contributed by atoms with Gasteiger partial charge in [0, 0.05) is 24.8 Å². The summed E-state index contributed by atoms with van der Waals surface area (Å²) >= 11 is 0. The molecule has 1 aliphatic heterocycles. The van der Waals surface area contributed by atoms with E-state index in [0.29, 0.717) is 30.7 Å². The highest BCUT2D eigenvalue weighted by atomic mass is 16.5. The molecule has 4 rings (SSSR count). The second-order valence-corrected chi connectivity index (χ2v) is 6.57. The zero-order chi connectivity index (χ0) is 19.7. The van der Waals surface area contributed by atoms with Crippen LogP contribution < -0.4 is 10.1 Å². The average molecular weight is 379 g/mol. The molecule has 144 valence electrons. The summed E-state index contributed by atoms with van der Waals surface area (Å²) in [5.74, 6) is 0.418. The predicted octanol–water partition coefficient (Wildman–Crippen LogP) is 1.76. The SMILES string of the molecule is CCC1C(=O)NCCN1C(=O)c1cnn2c(-c3ccc(OC)cc3)ccnc12. The largest absolute Gasteiger partial charge is 0.497 e. The number of carbonyl (C=O) groups excluding carboxylic acids is 2. The van der Waals surface area contributed by atoms with Crippen LogP contribution in [-0.2, 0) is 4.79 Å². The van der Waals surface area contributed by atoms with Gasteiger partial charge in [0.1, 0.15) is 17.4 Å². The van der Waals surface area contributed by atoms with Crippen molar-refractivity contribution < 1.29 is 14.3 Å². The molecule has 1 aliphatic rings. The Labute approximate surface area is 162 Å². The van der Waals surface area contributed by atoms with Crippen LogP contribution in [0.3, 0.4) is 0 Å². The third kappa shape index (κ3) is 2.96. The minimum Gasteiger partial charge on any atom is -0.497 e. The standard InChI is InChI=1S/C20H21N5O3/c1-3-16-19(26)22-10-11-24(16)20(27)15-12-23-25-17(8-9-21-18(15)25)13-4-6-14(28-2)7-5-13/h4-9,12,16H,3,10-11H2,1-2H3,(H,22,26). The lowest BCUT2D eigenvalue weighted by molar-refractivity contribution is -0.127. The van der Waals surface area contributed by atoms with Gasteiger partial charge in [0.05, 0.1) is 19.0 Å². The van der Waals surface area contributed by atoms with Crippen LogP contribution in [0.15, 0.2) is 42.7 Å². The van der Waals surface area contributed by atoms with E-state index >= 15 is 0 Å². The van der Waals surface area contributed by atoms with E-state index in [1.165, 1.54) is 6.20 Å². The van der Waals surface area contributed by atoms with Crippen LogP contribution in [0.1, 0.15) is 23.7 Å². The minimum absolute atomic E-state index is 0.120. The number of methoxy groups -OCH3 is 1.